The van der Waals surface area contributed by atoms with Gasteiger partial charge in [-0.2, -0.15) is 0 Å². The molecule has 3 heteroatoms. The maximum absolute atomic E-state index is 13.6. The normalized spacial score (nSPS) is 12.1. The molecule has 0 aliphatic heterocycles. The fourth-order valence-electron chi connectivity index (χ4n) is 2.51. The quantitative estimate of drug-likeness (QED) is 0.827. The zero-order chi connectivity index (χ0) is 15.1. The molecule has 0 bridgehead atoms. The van der Waals surface area contributed by atoms with Crippen molar-refractivity contribution in [1.82, 2.24) is 5.32 Å². The Morgan fingerprint density at radius 3 is 2.52 bits per heavy atom. The van der Waals surface area contributed by atoms with Crippen molar-refractivity contribution < 1.29 is 9.13 Å². The van der Waals surface area contributed by atoms with Gasteiger partial charge in [0.25, 0.3) is 0 Å². The molecule has 0 aliphatic carbocycles. The zero-order valence-corrected chi connectivity index (χ0v) is 12.6. The molecule has 0 aliphatic rings. The van der Waals surface area contributed by atoms with Crippen molar-refractivity contribution in [3.8, 4) is 5.75 Å². The maximum Gasteiger partial charge on any atom is 0.126 e. The van der Waals surface area contributed by atoms with Gasteiger partial charge in [0.15, 0.2) is 0 Å². The van der Waals surface area contributed by atoms with Crippen molar-refractivity contribution in [2.75, 3.05) is 13.7 Å². The molecule has 2 aromatic carbocycles. The van der Waals surface area contributed by atoms with Crippen LogP contribution in [-0.2, 0) is 6.42 Å². The number of benzene rings is 2. The lowest BCUT2D eigenvalue weighted by Gasteiger charge is -2.20. The highest BCUT2D eigenvalue weighted by molar-refractivity contribution is 5.35. The van der Waals surface area contributed by atoms with Crippen LogP contribution in [0.15, 0.2) is 48.5 Å². The van der Waals surface area contributed by atoms with Gasteiger partial charge >= 0.3 is 0 Å². The molecule has 0 saturated heterocycles. The molecule has 2 nitrogen and oxygen atoms in total. The molecule has 112 valence electrons. The summed E-state index contributed by atoms with van der Waals surface area (Å²) in [6, 6.07) is 15.2. The van der Waals surface area contributed by atoms with E-state index in [2.05, 4.69) is 18.3 Å². The standard InChI is InChI=1S/C18H22FNO/c1-3-17(15-9-5-7-11-18(15)21-2)20-13-12-14-8-4-6-10-16(14)19/h4-11,17,20H,3,12-13H2,1-2H3. The third-order valence-electron chi connectivity index (χ3n) is 3.67. The van der Waals surface area contributed by atoms with Gasteiger partial charge in [-0.25, -0.2) is 4.39 Å². The van der Waals surface area contributed by atoms with Gasteiger partial charge in [-0.15, -0.1) is 0 Å². The first kappa shape index (κ1) is 15.5. The Bertz CT molecular complexity index is 571. The predicted octanol–water partition coefficient (Wildman–Crippen LogP) is 4.12. The van der Waals surface area contributed by atoms with E-state index in [-0.39, 0.29) is 11.9 Å². The number of rotatable bonds is 7. The zero-order valence-electron chi connectivity index (χ0n) is 12.6. The molecule has 0 fully saturated rings. The van der Waals surface area contributed by atoms with E-state index in [9.17, 15) is 4.39 Å². The van der Waals surface area contributed by atoms with Crippen LogP contribution in [0.3, 0.4) is 0 Å². The van der Waals surface area contributed by atoms with Crippen LogP contribution in [0.1, 0.15) is 30.5 Å². The fourth-order valence-corrected chi connectivity index (χ4v) is 2.51. The molecular weight excluding hydrogens is 265 g/mol. The highest BCUT2D eigenvalue weighted by atomic mass is 19.1. The van der Waals surface area contributed by atoms with Gasteiger partial charge in [0, 0.05) is 11.6 Å². The first-order chi connectivity index (χ1) is 10.3. The average Bonchev–Trinajstić information content (AvgIpc) is 2.53. The number of ether oxygens (including phenoxy) is 1. The summed E-state index contributed by atoms with van der Waals surface area (Å²) >= 11 is 0. The van der Waals surface area contributed by atoms with E-state index in [1.54, 1.807) is 13.2 Å². The Morgan fingerprint density at radius 1 is 1.10 bits per heavy atom. The van der Waals surface area contributed by atoms with E-state index in [0.717, 1.165) is 29.8 Å². The summed E-state index contributed by atoms with van der Waals surface area (Å²) in [4.78, 5) is 0. The molecule has 1 N–H and O–H groups in total. The van der Waals surface area contributed by atoms with E-state index in [1.165, 1.54) is 6.07 Å². The molecule has 0 spiro atoms. The lowest BCUT2D eigenvalue weighted by molar-refractivity contribution is 0.397. The number of halogens is 1. The van der Waals surface area contributed by atoms with Crippen molar-refractivity contribution in [3.05, 3.63) is 65.5 Å². The smallest absolute Gasteiger partial charge is 0.126 e. The Balaban J connectivity index is 1.98. The van der Waals surface area contributed by atoms with E-state index < -0.39 is 0 Å². The number of hydrogen-bond acceptors (Lipinski definition) is 2. The summed E-state index contributed by atoms with van der Waals surface area (Å²) in [7, 11) is 1.69. The lowest BCUT2D eigenvalue weighted by Crippen LogP contribution is -2.24. The maximum atomic E-state index is 13.6. The number of nitrogens with one attached hydrogen (secondary N) is 1. The molecular formula is C18H22FNO. The van der Waals surface area contributed by atoms with Crippen LogP contribution < -0.4 is 10.1 Å². The van der Waals surface area contributed by atoms with Gasteiger partial charge < -0.3 is 10.1 Å². The minimum absolute atomic E-state index is 0.135. The van der Waals surface area contributed by atoms with E-state index in [1.807, 2.05) is 30.3 Å². The SMILES string of the molecule is CCC(NCCc1ccccc1F)c1ccccc1OC. The monoisotopic (exact) mass is 287 g/mol. The van der Waals surface area contributed by atoms with Crippen molar-refractivity contribution in [2.24, 2.45) is 0 Å². The second kappa shape index (κ2) is 7.79. The Labute approximate surface area is 126 Å². The molecule has 0 saturated carbocycles. The number of para-hydroxylation sites is 1. The topological polar surface area (TPSA) is 21.3 Å². The largest absolute Gasteiger partial charge is 0.496 e. The van der Waals surface area contributed by atoms with Crippen molar-refractivity contribution >= 4 is 0 Å². The highest BCUT2D eigenvalue weighted by Crippen LogP contribution is 2.26. The third-order valence-corrected chi connectivity index (χ3v) is 3.67. The van der Waals surface area contributed by atoms with Crippen molar-refractivity contribution in [2.45, 2.75) is 25.8 Å². The second-order valence-corrected chi connectivity index (χ2v) is 5.00. The van der Waals surface area contributed by atoms with Crippen LogP contribution in [0, 0.1) is 5.82 Å². The molecule has 0 radical (unpaired) electrons. The van der Waals surface area contributed by atoms with Crippen LogP contribution in [0.4, 0.5) is 4.39 Å². The summed E-state index contributed by atoms with van der Waals surface area (Å²) in [5.74, 6) is 0.757. The van der Waals surface area contributed by atoms with Gasteiger partial charge in [-0.05, 0) is 37.1 Å². The van der Waals surface area contributed by atoms with Gasteiger partial charge in [0.1, 0.15) is 11.6 Å². The second-order valence-electron chi connectivity index (χ2n) is 5.00. The van der Waals surface area contributed by atoms with Gasteiger partial charge in [-0.3, -0.25) is 0 Å². The van der Waals surface area contributed by atoms with Gasteiger partial charge in [-0.1, -0.05) is 43.3 Å². The van der Waals surface area contributed by atoms with Crippen LogP contribution in [0.5, 0.6) is 5.75 Å². The predicted molar refractivity (Wildman–Crippen MR) is 84.1 cm³/mol. The van der Waals surface area contributed by atoms with Crippen molar-refractivity contribution in [1.29, 1.82) is 0 Å². The Hall–Kier alpha value is -1.87. The lowest BCUT2D eigenvalue weighted by atomic mass is 10.0. The molecule has 0 heterocycles. The van der Waals surface area contributed by atoms with E-state index >= 15 is 0 Å². The molecule has 1 atom stereocenters. The van der Waals surface area contributed by atoms with Gasteiger partial charge in [0.2, 0.25) is 0 Å². The molecule has 2 rings (SSSR count). The summed E-state index contributed by atoms with van der Waals surface area (Å²) < 4.78 is 19.0. The summed E-state index contributed by atoms with van der Waals surface area (Å²) in [5, 5.41) is 3.49. The molecule has 0 amide bonds. The first-order valence-corrected chi connectivity index (χ1v) is 7.36. The fraction of sp³-hybridized carbons (Fsp3) is 0.333. The molecule has 2 aromatic rings. The van der Waals surface area contributed by atoms with Gasteiger partial charge in [0.05, 0.1) is 7.11 Å². The first-order valence-electron chi connectivity index (χ1n) is 7.36. The Morgan fingerprint density at radius 2 is 1.81 bits per heavy atom. The van der Waals surface area contributed by atoms with E-state index in [4.69, 9.17) is 4.74 Å². The van der Waals surface area contributed by atoms with Crippen molar-refractivity contribution in [3.63, 3.8) is 0 Å². The highest BCUT2D eigenvalue weighted by Gasteiger charge is 2.13. The van der Waals surface area contributed by atoms with Crippen LogP contribution in [0.2, 0.25) is 0 Å². The van der Waals surface area contributed by atoms with Crippen LogP contribution in [-0.4, -0.2) is 13.7 Å². The molecule has 21 heavy (non-hydrogen) atoms. The minimum atomic E-state index is -0.135. The molecule has 0 aromatic heterocycles. The van der Waals surface area contributed by atoms with Crippen LogP contribution >= 0.6 is 0 Å². The average molecular weight is 287 g/mol. The number of hydrogen-bond donors (Lipinski definition) is 1. The third kappa shape index (κ3) is 4.05. The van der Waals surface area contributed by atoms with Crippen LogP contribution in [0.25, 0.3) is 0 Å². The number of methoxy groups -OCH3 is 1. The minimum Gasteiger partial charge on any atom is -0.496 e. The summed E-state index contributed by atoms with van der Waals surface area (Å²) in [6.45, 7) is 2.87. The van der Waals surface area contributed by atoms with E-state index in [0.29, 0.717) is 6.42 Å². The Kier molecular flexibility index (Phi) is 5.76. The summed E-state index contributed by atoms with van der Waals surface area (Å²) in [6.07, 6.45) is 1.63. The summed E-state index contributed by atoms with van der Waals surface area (Å²) in [5.41, 5.74) is 1.90. The molecule has 1 unspecified atom stereocenters.